The quantitative estimate of drug-likeness (QED) is 0.667. The second kappa shape index (κ2) is 10.5. The lowest BCUT2D eigenvalue weighted by Gasteiger charge is -2.21. The Morgan fingerprint density at radius 1 is 0.750 bits per heavy atom. The zero-order chi connectivity index (χ0) is 18.1. The third-order valence-corrected chi connectivity index (χ3v) is 9.13. The number of nitrogens with two attached hydrogens (primary N) is 2. The van der Waals surface area contributed by atoms with Crippen LogP contribution in [0.15, 0.2) is 12.2 Å². The van der Waals surface area contributed by atoms with Crippen molar-refractivity contribution in [2.75, 3.05) is 24.6 Å². The van der Waals surface area contributed by atoms with Gasteiger partial charge in [0.2, 0.25) is 0 Å². The van der Waals surface area contributed by atoms with Crippen molar-refractivity contribution in [1.82, 2.24) is 0 Å². The van der Waals surface area contributed by atoms with Crippen LogP contribution in [0.2, 0.25) is 0 Å². The van der Waals surface area contributed by atoms with Crippen LogP contribution >= 0.6 is 0 Å². The second-order valence-electron chi connectivity index (χ2n) is 6.48. The Balaban J connectivity index is 0.000000240. The lowest BCUT2D eigenvalue weighted by atomic mass is 10.0. The Labute approximate surface area is 146 Å². The third-order valence-electron chi connectivity index (χ3n) is 4.59. The van der Waals surface area contributed by atoms with Gasteiger partial charge in [0, 0.05) is 13.1 Å². The summed E-state index contributed by atoms with van der Waals surface area (Å²) in [6.07, 6.45) is 11.3. The van der Waals surface area contributed by atoms with Crippen LogP contribution in [-0.4, -0.2) is 51.9 Å². The SMILES string of the molecule is NCCS(=O)(=O)C1CC=CCC1.NCCS(=O)(=O)C1CCCCC1. The predicted molar refractivity (Wildman–Crippen MR) is 99.3 cm³/mol. The molecule has 6 nitrogen and oxygen atoms in total. The lowest BCUT2D eigenvalue weighted by molar-refractivity contribution is 0.484. The Bertz CT molecular complexity index is 579. The molecule has 0 aromatic carbocycles. The van der Waals surface area contributed by atoms with Gasteiger partial charge in [0.15, 0.2) is 19.7 Å². The van der Waals surface area contributed by atoms with Crippen LogP contribution < -0.4 is 11.5 Å². The smallest absolute Gasteiger partial charge is 0.154 e. The summed E-state index contributed by atoms with van der Waals surface area (Å²) < 4.78 is 46.0. The first kappa shape index (κ1) is 21.6. The molecule has 1 fully saturated rings. The molecule has 0 radical (unpaired) electrons. The van der Waals surface area contributed by atoms with Crippen molar-refractivity contribution < 1.29 is 16.8 Å². The Kier molecular flexibility index (Phi) is 9.48. The topological polar surface area (TPSA) is 120 Å². The van der Waals surface area contributed by atoms with Crippen LogP contribution in [0.1, 0.15) is 51.4 Å². The summed E-state index contributed by atoms with van der Waals surface area (Å²) >= 11 is 0. The largest absolute Gasteiger partial charge is 0.329 e. The van der Waals surface area contributed by atoms with Crippen molar-refractivity contribution in [3.63, 3.8) is 0 Å². The van der Waals surface area contributed by atoms with E-state index in [2.05, 4.69) is 0 Å². The predicted octanol–water partition coefficient (Wildman–Crippen LogP) is 1.16. The molecule has 2 rings (SSSR count). The molecular formula is C16H32N2O4S2. The number of hydrogen-bond donors (Lipinski definition) is 2. The first-order chi connectivity index (χ1) is 11.3. The van der Waals surface area contributed by atoms with Crippen molar-refractivity contribution >= 4 is 19.7 Å². The first-order valence-electron chi connectivity index (χ1n) is 8.81. The van der Waals surface area contributed by atoms with E-state index in [1.165, 1.54) is 6.42 Å². The van der Waals surface area contributed by atoms with Crippen molar-refractivity contribution in [1.29, 1.82) is 0 Å². The number of sulfone groups is 2. The molecule has 0 spiro atoms. The number of rotatable bonds is 6. The summed E-state index contributed by atoms with van der Waals surface area (Å²) in [6.45, 7) is 0.501. The highest BCUT2D eigenvalue weighted by atomic mass is 32.2. The zero-order valence-electron chi connectivity index (χ0n) is 14.4. The molecule has 1 saturated carbocycles. The van der Waals surface area contributed by atoms with Crippen molar-refractivity contribution in [3.05, 3.63) is 12.2 Å². The molecule has 1 atom stereocenters. The molecule has 0 aliphatic heterocycles. The van der Waals surface area contributed by atoms with Crippen LogP contribution in [0.4, 0.5) is 0 Å². The molecule has 0 saturated heterocycles. The Morgan fingerprint density at radius 3 is 1.75 bits per heavy atom. The number of hydrogen-bond acceptors (Lipinski definition) is 6. The molecular weight excluding hydrogens is 348 g/mol. The van der Waals surface area contributed by atoms with Gasteiger partial charge >= 0.3 is 0 Å². The van der Waals surface area contributed by atoms with Crippen molar-refractivity contribution in [3.8, 4) is 0 Å². The average molecular weight is 381 g/mol. The summed E-state index contributed by atoms with van der Waals surface area (Å²) in [5, 5.41) is -0.263. The maximum Gasteiger partial charge on any atom is 0.154 e. The van der Waals surface area contributed by atoms with Crippen LogP contribution in [0.5, 0.6) is 0 Å². The fraction of sp³-hybridized carbons (Fsp3) is 0.875. The average Bonchev–Trinajstić information content (AvgIpc) is 2.57. The molecule has 4 N–H and O–H groups in total. The molecule has 2 aliphatic rings. The number of allylic oxidation sites excluding steroid dienone is 2. The van der Waals surface area contributed by atoms with Gasteiger partial charge in [-0.15, -0.1) is 0 Å². The maximum absolute atomic E-state index is 11.5. The first-order valence-corrected chi connectivity index (χ1v) is 12.2. The highest BCUT2D eigenvalue weighted by Gasteiger charge is 2.26. The molecule has 2 aliphatic carbocycles. The lowest BCUT2D eigenvalue weighted by Crippen LogP contribution is -2.29. The highest BCUT2D eigenvalue weighted by Crippen LogP contribution is 2.23. The summed E-state index contributed by atoms with van der Waals surface area (Å²) in [5.41, 5.74) is 10.5. The van der Waals surface area contributed by atoms with Crippen LogP contribution in [0.3, 0.4) is 0 Å². The van der Waals surface area contributed by atoms with E-state index in [0.717, 1.165) is 38.5 Å². The van der Waals surface area contributed by atoms with Gasteiger partial charge in [-0.1, -0.05) is 31.4 Å². The zero-order valence-corrected chi connectivity index (χ0v) is 16.0. The highest BCUT2D eigenvalue weighted by molar-refractivity contribution is 7.92. The molecule has 0 amide bonds. The van der Waals surface area contributed by atoms with E-state index in [1.807, 2.05) is 12.2 Å². The van der Waals surface area contributed by atoms with Crippen LogP contribution in [-0.2, 0) is 19.7 Å². The van der Waals surface area contributed by atoms with E-state index >= 15 is 0 Å². The van der Waals surface area contributed by atoms with Gasteiger partial charge in [-0.3, -0.25) is 0 Å². The van der Waals surface area contributed by atoms with Gasteiger partial charge in [-0.05, 0) is 32.1 Å². The van der Waals surface area contributed by atoms with E-state index < -0.39 is 19.7 Å². The second-order valence-corrected chi connectivity index (χ2v) is 11.3. The van der Waals surface area contributed by atoms with Gasteiger partial charge in [-0.25, -0.2) is 16.8 Å². The van der Waals surface area contributed by atoms with Gasteiger partial charge < -0.3 is 11.5 Å². The minimum atomic E-state index is -2.91. The molecule has 24 heavy (non-hydrogen) atoms. The molecule has 0 aromatic heterocycles. The molecule has 8 heteroatoms. The standard InChI is InChI=1S/C8H17NO2S.C8H15NO2S/c2*9-6-7-12(10,11)8-4-2-1-3-5-8/h8H,1-7,9H2;1-2,8H,3-7,9H2. The van der Waals surface area contributed by atoms with Gasteiger partial charge in [-0.2, -0.15) is 0 Å². The van der Waals surface area contributed by atoms with Crippen LogP contribution in [0, 0.1) is 0 Å². The van der Waals surface area contributed by atoms with E-state index in [-0.39, 0.29) is 35.1 Å². The summed E-state index contributed by atoms with van der Waals surface area (Å²) in [6, 6.07) is 0. The van der Waals surface area contributed by atoms with E-state index in [4.69, 9.17) is 11.5 Å². The van der Waals surface area contributed by atoms with Gasteiger partial charge in [0.05, 0.1) is 22.0 Å². The normalized spacial score (nSPS) is 22.7. The minimum Gasteiger partial charge on any atom is -0.329 e. The Morgan fingerprint density at radius 2 is 1.29 bits per heavy atom. The van der Waals surface area contributed by atoms with Crippen molar-refractivity contribution in [2.24, 2.45) is 11.5 Å². The van der Waals surface area contributed by atoms with Gasteiger partial charge in [0.25, 0.3) is 0 Å². The molecule has 1 unspecified atom stereocenters. The fourth-order valence-corrected chi connectivity index (χ4v) is 6.45. The maximum atomic E-state index is 11.5. The third kappa shape index (κ3) is 7.21. The summed E-state index contributed by atoms with van der Waals surface area (Å²) in [7, 11) is -5.77. The molecule has 142 valence electrons. The van der Waals surface area contributed by atoms with E-state index in [0.29, 0.717) is 6.42 Å². The van der Waals surface area contributed by atoms with Crippen LogP contribution in [0.25, 0.3) is 0 Å². The Hall–Kier alpha value is -0.440. The molecule has 0 aromatic rings. The monoisotopic (exact) mass is 380 g/mol. The van der Waals surface area contributed by atoms with E-state index in [1.54, 1.807) is 0 Å². The fourth-order valence-electron chi connectivity index (χ4n) is 3.18. The summed E-state index contributed by atoms with van der Waals surface area (Å²) in [5.74, 6) is 0.295. The summed E-state index contributed by atoms with van der Waals surface area (Å²) in [4.78, 5) is 0. The molecule has 0 heterocycles. The molecule has 0 bridgehead atoms. The van der Waals surface area contributed by atoms with E-state index in [9.17, 15) is 16.8 Å². The van der Waals surface area contributed by atoms with Crippen molar-refractivity contribution in [2.45, 2.75) is 61.9 Å². The minimum absolute atomic E-state index is 0.0881. The van der Waals surface area contributed by atoms with Gasteiger partial charge in [0.1, 0.15) is 0 Å².